The van der Waals surface area contributed by atoms with Gasteiger partial charge in [-0.2, -0.15) is 0 Å². The van der Waals surface area contributed by atoms with E-state index in [1.54, 1.807) is 6.07 Å². The van der Waals surface area contributed by atoms with Crippen LogP contribution in [0.1, 0.15) is 48.0 Å². The highest BCUT2D eigenvalue weighted by molar-refractivity contribution is 6.00. The highest BCUT2D eigenvalue weighted by Crippen LogP contribution is 2.34. The number of rotatable bonds is 3. The molecule has 0 radical (unpaired) electrons. The molecule has 1 fully saturated rings. The van der Waals surface area contributed by atoms with Crippen LogP contribution in [0.15, 0.2) is 35.4 Å². The maximum Gasteiger partial charge on any atom is 0.252 e. The van der Waals surface area contributed by atoms with E-state index in [4.69, 9.17) is 15.9 Å². The minimum atomic E-state index is -0.352. The quantitative estimate of drug-likeness (QED) is 0.607. The Bertz CT molecular complexity index is 803. The molecule has 1 atom stereocenters. The van der Waals surface area contributed by atoms with Crippen molar-refractivity contribution >= 4 is 11.8 Å². The van der Waals surface area contributed by atoms with Gasteiger partial charge in [0, 0.05) is 17.7 Å². The Morgan fingerprint density at radius 1 is 1.17 bits per heavy atom. The zero-order chi connectivity index (χ0) is 20.5. The van der Waals surface area contributed by atoms with Crippen molar-refractivity contribution in [3.05, 3.63) is 46.5 Å². The molecular formula is C23H28N2O4. The molecule has 0 bridgehead atoms. The molecule has 154 valence electrons. The summed E-state index contributed by atoms with van der Waals surface area (Å²) in [5.74, 6) is 2.06. The van der Waals surface area contributed by atoms with Crippen molar-refractivity contribution in [3.8, 4) is 12.3 Å². The number of carbonyl (C=O) groups excluding carboxylic acids is 2. The second-order valence-electron chi connectivity index (χ2n) is 7.25. The van der Waals surface area contributed by atoms with E-state index in [2.05, 4.69) is 16.6 Å². The van der Waals surface area contributed by atoms with E-state index in [1.807, 2.05) is 18.2 Å². The first-order valence-electron chi connectivity index (χ1n) is 10.2. The SMILES string of the molecule is C#CCNC(=O)C(=C1CC1)C1CCCCOCCOCc2ccccc2C(=O)N1. The predicted molar refractivity (Wildman–Crippen MR) is 110 cm³/mol. The van der Waals surface area contributed by atoms with E-state index < -0.39 is 0 Å². The van der Waals surface area contributed by atoms with Gasteiger partial charge < -0.3 is 20.1 Å². The van der Waals surface area contributed by atoms with Gasteiger partial charge in [0.1, 0.15) is 0 Å². The Morgan fingerprint density at radius 2 is 1.97 bits per heavy atom. The first-order valence-corrected chi connectivity index (χ1v) is 10.2. The van der Waals surface area contributed by atoms with Crippen molar-refractivity contribution in [3.63, 3.8) is 0 Å². The van der Waals surface area contributed by atoms with E-state index in [-0.39, 0.29) is 24.4 Å². The summed E-state index contributed by atoms with van der Waals surface area (Å²) in [6, 6.07) is 7.04. The van der Waals surface area contributed by atoms with Crippen LogP contribution in [0.5, 0.6) is 0 Å². The van der Waals surface area contributed by atoms with Crippen molar-refractivity contribution in [2.75, 3.05) is 26.4 Å². The lowest BCUT2D eigenvalue weighted by Crippen LogP contribution is -2.42. The zero-order valence-corrected chi connectivity index (χ0v) is 16.7. The third-order valence-corrected chi connectivity index (χ3v) is 5.05. The Hall–Kier alpha value is -2.62. The predicted octanol–water partition coefficient (Wildman–Crippen LogP) is 2.34. The number of amides is 2. The number of hydrogen-bond donors (Lipinski definition) is 2. The van der Waals surface area contributed by atoms with Crippen LogP contribution in [-0.4, -0.2) is 44.2 Å². The summed E-state index contributed by atoms with van der Waals surface area (Å²) in [5, 5.41) is 5.86. The van der Waals surface area contributed by atoms with Gasteiger partial charge in [0.05, 0.1) is 32.4 Å². The number of hydrogen-bond acceptors (Lipinski definition) is 4. The van der Waals surface area contributed by atoms with E-state index >= 15 is 0 Å². The fourth-order valence-electron chi connectivity index (χ4n) is 3.47. The summed E-state index contributed by atoms with van der Waals surface area (Å²) < 4.78 is 11.3. The van der Waals surface area contributed by atoms with Gasteiger partial charge in [0.15, 0.2) is 0 Å². The van der Waals surface area contributed by atoms with Gasteiger partial charge in [-0.15, -0.1) is 6.42 Å². The van der Waals surface area contributed by atoms with Gasteiger partial charge in [0.25, 0.3) is 5.91 Å². The topological polar surface area (TPSA) is 76.7 Å². The Kier molecular flexibility index (Phi) is 7.85. The number of fused-ring (bicyclic) bond motifs is 1. The molecule has 1 unspecified atom stereocenters. The van der Waals surface area contributed by atoms with Crippen LogP contribution in [0.3, 0.4) is 0 Å². The lowest BCUT2D eigenvalue weighted by molar-refractivity contribution is -0.117. The molecule has 3 rings (SSSR count). The minimum absolute atomic E-state index is 0.171. The second kappa shape index (κ2) is 10.8. The molecule has 2 amide bonds. The van der Waals surface area contributed by atoms with E-state index in [0.29, 0.717) is 44.0 Å². The molecule has 0 saturated heterocycles. The summed E-state index contributed by atoms with van der Waals surface area (Å²) >= 11 is 0. The summed E-state index contributed by atoms with van der Waals surface area (Å²) in [6.45, 7) is 2.17. The van der Waals surface area contributed by atoms with Gasteiger partial charge in [-0.05, 0) is 43.7 Å². The number of allylic oxidation sites excluding steroid dienone is 1. The monoisotopic (exact) mass is 396 g/mol. The van der Waals surface area contributed by atoms with Crippen molar-refractivity contribution in [1.29, 1.82) is 0 Å². The maximum absolute atomic E-state index is 13.1. The number of benzene rings is 1. The Labute approximate surface area is 172 Å². The summed E-state index contributed by atoms with van der Waals surface area (Å²) in [4.78, 5) is 25.8. The molecule has 1 aliphatic heterocycles. The van der Waals surface area contributed by atoms with Crippen LogP contribution in [0.2, 0.25) is 0 Å². The van der Waals surface area contributed by atoms with Crippen LogP contribution in [0, 0.1) is 12.3 Å². The molecule has 1 heterocycles. The Morgan fingerprint density at radius 3 is 2.76 bits per heavy atom. The van der Waals surface area contributed by atoms with E-state index in [0.717, 1.165) is 36.8 Å². The molecule has 6 heteroatoms. The van der Waals surface area contributed by atoms with Crippen molar-refractivity contribution in [1.82, 2.24) is 10.6 Å². The van der Waals surface area contributed by atoms with Crippen LogP contribution in [0.4, 0.5) is 0 Å². The van der Waals surface area contributed by atoms with E-state index in [1.165, 1.54) is 0 Å². The van der Waals surface area contributed by atoms with Crippen molar-refractivity contribution in [2.45, 2.75) is 44.8 Å². The standard InChI is InChI=1S/C23H28N2O4/c1-2-12-24-23(27)21(17-10-11-17)20-9-5-6-13-28-14-15-29-16-18-7-3-4-8-19(18)22(26)25-20/h1,3-4,7-8,20H,5-6,9-16H2,(H,24,27)(H,25,26). The summed E-state index contributed by atoms with van der Waals surface area (Å²) in [7, 11) is 0. The van der Waals surface area contributed by atoms with Gasteiger partial charge in [0.2, 0.25) is 5.91 Å². The first kappa shape index (κ1) is 21.1. The first-order chi connectivity index (χ1) is 14.2. The number of nitrogens with one attached hydrogen (secondary N) is 2. The van der Waals surface area contributed by atoms with Gasteiger partial charge in [-0.25, -0.2) is 0 Å². The third-order valence-electron chi connectivity index (χ3n) is 5.05. The molecule has 29 heavy (non-hydrogen) atoms. The van der Waals surface area contributed by atoms with Gasteiger partial charge >= 0.3 is 0 Å². The molecule has 6 nitrogen and oxygen atoms in total. The molecule has 1 saturated carbocycles. The normalized spacial score (nSPS) is 20.4. The lowest BCUT2D eigenvalue weighted by Gasteiger charge is -2.23. The average Bonchev–Trinajstić information content (AvgIpc) is 3.55. The average molecular weight is 396 g/mol. The van der Waals surface area contributed by atoms with Crippen molar-refractivity contribution < 1.29 is 19.1 Å². The van der Waals surface area contributed by atoms with Gasteiger partial charge in [-0.1, -0.05) is 29.7 Å². The number of ether oxygens (including phenoxy) is 2. The molecule has 0 aromatic heterocycles. The zero-order valence-electron chi connectivity index (χ0n) is 16.7. The van der Waals surface area contributed by atoms with Crippen LogP contribution in [-0.2, 0) is 20.9 Å². The minimum Gasteiger partial charge on any atom is -0.379 e. The molecule has 1 aliphatic carbocycles. The number of carbonyl (C=O) groups is 2. The molecule has 2 N–H and O–H groups in total. The highest BCUT2D eigenvalue weighted by Gasteiger charge is 2.30. The van der Waals surface area contributed by atoms with Crippen LogP contribution in [0.25, 0.3) is 0 Å². The largest absolute Gasteiger partial charge is 0.379 e. The highest BCUT2D eigenvalue weighted by atomic mass is 16.5. The van der Waals surface area contributed by atoms with E-state index in [9.17, 15) is 9.59 Å². The smallest absolute Gasteiger partial charge is 0.252 e. The fraction of sp³-hybridized carbons (Fsp3) is 0.478. The molecule has 0 spiro atoms. The van der Waals surface area contributed by atoms with Gasteiger partial charge in [-0.3, -0.25) is 9.59 Å². The Balaban J connectivity index is 1.84. The summed E-state index contributed by atoms with van der Waals surface area (Å²) in [6.07, 6.45) is 9.44. The molecule has 2 aliphatic rings. The lowest BCUT2D eigenvalue weighted by atomic mass is 9.97. The molecule has 1 aromatic rings. The second-order valence-corrected chi connectivity index (χ2v) is 7.25. The van der Waals surface area contributed by atoms with Crippen molar-refractivity contribution in [2.24, 2.45) is 0 Å². The van der Waals surface area contributed by atoms with Crippen LogP contribution >= 0.6 is 0 Å². The summed E-state index contributed by atoms with van der Waals surface area (Å²) in [5.41, 5.74) is 3.15. The maximum atomic E-state index is 13.1. The van der Waals surface area contributed by atoms with Crippen LogP contribution < -0.4 is 10.6 Å². The third kappa shape index (κ3) is 6.18. The fourth-order valence-corrected chi connectivity index (χ4v) is 3.47. The number of terminal acetylenes is 1. The molecule has 1 aromatic carbocycles. The molecular weight excluding hydrogens is 368 g/mol.